The first-order valence-corrected chi connectivity index (χ1v) is 10.6. The van der Waals surface area contributed by atoms with Gasteiger partial charge in [-0.15, -0.1) is 0 Å². The summed E-state index contributed by atoms with van der Waals surface area (Å²) in [4.78, 5) is 27.2. The van der Waals surface area contributed by atoms with Crippen LogP contribution in [0.15, 0.2) is 48.9 Å². The topological polar surface area (TPSA) is 97.0 Å². The van der Waals surface area contributed by atoms with Crippen LogP contribution in [-0.4, -0.2) is 27.0 Å². The molecule has 0 spiro atoms. The summed E-state index contributed by atoms with van der Waals surface area (Å²) in [5.74, 6) is 0.428. The van der Waals surface area contributed by atoms with Gasteiger partial charge in [0.25, 0.3) is 0 Å². The predicted octanol–water partition coefficient (Wildman–Crippen LogP) is 5.77. The van der Waals surface area contributed by atoms with Crippen molar-refractivity contribution in [3.63, 3.8) is 0 Å². The molecule has 1 aliphatic carbocycles. The number of anilines is 3. The van der Waals surface area contributed by atoms with Crippen LogP contribution in [0.3, 0.4) is 0 Å². The van der Waals surface area contributed by atoms with Gasteiger partial charge in [-0.1, -0.05) is 30.5 Å². The van der Waals surface area contributed by atoms with Gasteiger partial charge >= 0.3 is 12.2 Å². The number of nitrogen functional groups attached to an aromatic ring is 1. The van der Waals surface area contributed by atoms with E-state index in [0.717, 1.165) is 31.7 Å². The number of rotatable bonds is 4. The van der Waals surface area contributed by atoms with Gasteiger partial charge in [0.1, 0.15) is 0 Å². The maximum Gasteiger partial charge on any atom is 0.417 e. The summed E-state index contributed by atoms with van der Waals surface area (Å²) in [6.07, 6.45) is 3.09. The van der Waals surface area contributed by atoms with Crippen LogP contribution in [0.2, 0.25) is 5.02 Å². The van der Waals surface area contributed by atoms with Crippen LogP contribution in [0.4, 0.5) is 35.3 Å². The maximum absolute atomic E-state index is 13.3. The van der Waals surface area contributed by atoms with E-state index in [9.17, 15) is 18.0 Å². The lowest BCUT2D eigenvalue weighted by Gasteiger charge is -2.29. The highest BCUT2D eigenvalue weighted by atomic mass is 35.5. The molecule has 3 N–H and O–H groups in total. The molecule has 2 heterocycles. The number of urea groups is 1. The number of alkyl halides is 3. The first-order chi connectivity index (χ1) is 15.7. The summed E-state index contributed by atoms with van der Waals surface area (Å²) >= 11 is 5.75. The van der Waals surface area contributed by atoms with E-state index in [1.54, 1.807) is 0 Å². The minimum absolute atomic E-state index is 0.164. The van der Waals surface area contributed by atoms with Gasteiger partial charge < -0.3 is 5.73 Å². The molecule has 0 bridgehead atoms. The lowest BCUT2D eigenvalue weighted by atomic mass is 10.1. The van der Waals surface area contributed by atoms with Gasteiger partial charge in [0.15, 0.2) is 11.6 Å². The number of pyridine rings is 1. The molecule has 0 saturated heterocycles. The molecule has 4 rings (SSSR count). The molecule has 1 aromatic carbocycles. The average molecular weight is 477 g/mol. The Kier molecular flexibility index (Phi) is 6.37. The third kappa shape index (κ3) is 5.00. The van der Waals surface area contributed by atoms with Gasteiger partial charge in [0.2, 0.25) is 0 Å². The molecule has 1 fully saturated rings. The molecule has 3 aromatic rings. The molecular weight excluding hydrogens is 457 g/mol. The van der Waals surface area contributed by atoms with E-state index in [2.05, 4.69) is 20.3 Å². The van der Waals surface area contributed by atoms with Gasteiger partial charge in [0, 0.05) is 24.0 Å². The zero-order valence-electron chi connectivity index (χ0n) is 17.3. The lowest BCUT2D eigenvalue weighted by Crippen LogP contribution is -2.43. The van der Waals surface area contributed by atoms with Crippen LogP contribution in [-0.2, 0) is 6.18 Å². The normalized spacial score (nSPS) is 14.3. The summed E-state index contributed by atoms with van der Waals surface area (Å²) in [6.45, 7) is 0. The zero-order chi connectivity index (χ0) is 23.6. The fourth-order valence-corrected chi connectivity index (χ4v) is 4.07. The van der Waals surface area contributed by atoms with Crippen molar-refractivity contribution in [2.45, 2.75) is 37.9 Å². The summed E-state index contributed by atoms with van der Waals surface area (Å²) in [7, 11) is 0. The van der Waals surface area contributed by atoms with Crippen LogP contribution in [0.25, 0.3) is 11.3 Å². The molecule has 7 nitrogen and oxygen atoms in total. The van der Waals surface area contributed by atoms with E-state index in [1.165, 1.54) is 47.8 Å². The molecule has 1 aliphatic rings. The Hall–Kier alpha value is -3.40. The van der Waals surface area contributed by atoms with Crippen LogP contribution in [0, 0.1) is 0 Å². The molecule has 172 valence electrons. The Labute approximate surface area is 192 Å². The average Bonchev–Trinajstić information content (AvgIpc) is 3.30. The zero-order valence-corrected chi connectivity index (χ0v) is 18.1. The molecule has 1 saturated carbocycles. The lowest BCUT2D eigenvalue weighted by molar-refractivity contribution is -0.137. The van der Waals surface area contributed by atoms with E-state index in [1.807, 2.05) is 0 Å². The first-order valence-electron chi connectivity index (χ1n) is 10.2. The highest BCUT2D eigenvalue weighted by Crippen LogP contribution is 2.38. The number of carbonyl (C=O) groups excluding carboxylic acids is 1. The number of amides is 2. The number of hydrogen-bond donors (Lipinski definition) is 2. The Balaban J connectivity index is 1.74. The van der Waals surface area contributed by atoms with Gasteiger partial charge in [-0.3, -0.25) is 15.2 Å². The van der Waals surface area contributed by atoms with Gasteiger partial charge in [0.05, 0.1) is 28.2 Å². The monoisotopic (exact) mass is 476 g/mol. The van der Waals surface area contributed by atoms with E-state index >= 15 is 0 Å². The van der Waals surface area contributed by atoms with Gasteiger partial charge in [-0.25, -0.2) is 14.8 Å². The summed E-state index contributed by atoms with van der Waals surface area (Å²) in [5.41, 5.74) is 5.88. The van der Waals surface area contributed by atoms with Crippen molar-refractivity contribution < 1.29 is 18.0 Å². The summed E-state index contributed by atoms with van der Waals surface area (Å²) in [5, 5.41) is 2.29. The second kappa shape index (κ2) is 9.22. The Morgan fingerprint density at radius 2 is 1.91 bits per heavy atom. The van der Waals surface area contributed by atoms with Crippen LogP contribution < -0.4 is 16.0 Å². The van der Waals surface area contributed by atoms with Crippen molar-refractivity contribution in [1.29, 1.82) is 0 Å². The molecule has 2 amide bonds. The minimum Gasteiger partial charge on any atom is -0.396 e. The number of nitrogens with zero attached hydrogens (tertiary/aromatic N) is 4. The van der Waals surface area contributed by atoms with Crippen molar-refractivity contribution in [3.05, 3.63) is 59.5 Å². The summed E-state index contributed by atoms with van der Waals surface area (Å²) < 4.78 is 40.0. The molecule has 33 heavy (non-hydrogen) atoms. The minimum atomic E-state index is -4.61. The van der Waals surface area contributed by atoms with Crippen LogP contribution in [0.1, 0.15) is 31.2 Å². The maximum atomic E-state index is 13.3. The van der Waals surface area contributed by atoms with Crippen molar-refractivity contribution in [3.8, 4) is 11.3 Å². The molecule has 0 radical (unpaired) electrons. The number of aromatic nitrogens is 3. The smallest absolute Gasteiger partial charge is 0.396 e. The largest absolute Gasteiger partial charge is 0.417 e. The van der Waals surface area contributed by atoms with Crippen molar-refractivity contribution in [2.24, 2.45) is 0 Å². The third-order valence-corrected chi connectivity index (χ3v) is 5.74. The van der Waals surface area contributed by atoms with Crippen molar-refractivity contribution in [2.75, 3.05) is 16.0 Å². The molecule has 0 aliphatic heterocycles. The van der Waals surface area contributed by atoms with Crippen molar-refractivity contribution in [1.82, 2.24) is 15.0 Å². The number of benzene rings is 1. The first kappa shape index (κ1) is 22.8. The fraction of sp³-hybridized carbons (Fsp3) is 0.273. The van der Waals surface area contributed by atoms with Crippen LogP contribution in [0.5, 0.6) is 0 Å². The Bertz CT molecular complexity index is 1150. The molecular formula is C22H20ClF3N6O. The van der Waals surface area contributed by atoms with E-state index in [4.69, 9.17) is 17.3 Å². The number of nitrogens with one attached hydrogen (secondary N) is 1. The SMILES string of the molecule is Nc1ccc(-c2ccc(Cl)c(C(F)(F)F)c2)nc1N(C(=O)Nc1cnccn1)C1CCCC1. The second-order valence-electron chi connectivity index (χ2n) is 7.63. The Morgan fingerprint density at radius 3 is 2.58 bits per heavy atom. The Morgan fingerprint density at radius 1 is 1.15 bits per heavy atom. The van der Waals surface area contributed by atoms with Crippen LogP contribution >= 0.6 is 11.6 Å². The van der Waals surface area contributed by atoms with Crippen molar-refractivity contribution >= 4 is 35.0 Å². The summed E-state index contributed by atoms with van der Waals surface area (Å²) in [6, 6.07) is 5.93. The molecule has 2 aromatic heterocycles. The predicted molar refractivity (Wildman–Crippen MR) is 120 cm³/mol. The molecule has 11 heteroatoms. The number of hydrogen-bond acceptors (Lipinski definition) is 5. The highest BCUT2D eigenvalue weighted by Gasteiger charge is 2.34. The number of halogens is 4. The molecule has 0 unspecified atom stereocenters. The standard InChI is InChI=1S/C22H20ClF3N6O/c23-16-6-5-13(11-15(16)22(24,25)26)18-8-7-17(27)20(30-18)32(14-3-1-2-4-14)21(33)31-19-12-28-9-10-29-19/h5-12,14H,1-4,27H2,(H,29,31,33). The number of nitrogens with two attached hydrogens (primary N) is 1. The van der Waals surface area contributed by atoms with E-state index in [-0.39, 0.29) is 34.6 Å². The quantitative estimate of drug-likeness (QED) is 0.498. The number of carbonyl (C=O) groups is 1. The van der Waals surface area contributed by atoms with E-state index < -0.39 is 22.8 Å². The second-order valence-corrected chi connectivity index (χ2v) is 8.04. The third-order valence-electron chi connectivity index (χ3n) is 5.41. The fourth-order valence-electron chi connectivity index (χ4n) is 3.85. The van der Waals surface area contributed by atoms with Gasteiger partial charge in [-0.05, 0) is 37.1 Å². The molecule has 0 atom stereocenters. The van der Waals surface area contributed by atoms with E-state index in [0.29, 0.717) is 0 Å². The van der Waals surface area contributed by atoms with Gasteiger partial charge in [-0.2, -0.15) is 13.2 Å². The highest BCUT2D eigenvalue weighted by molar-refractivity contribution is 6.31.